The number of benzene rings is 2. The van der Waals surface area contributed by atoms with E-state index >= 15 is 0 Å². The van der Waals surface area contributed by atoms with Crippen molar-refractivity contribution in [2.24, 2.45) is 0 Å². The Morgan fingerprint density at radius 2 is 1.91 bits per heavy atom. The van der Waals surface area contributed by atoms with Crippen molar-refractivity contribution in [2.75, 3.05) is 10.2 Å². The average molecular weight is 320 g/mol. The van der Waals surface area contributed by atoms with Gasteiger partial charge in [0.25, 0.3) is 0 Å². The molecule has 0 amide bonds. The summed E-state index contributed by atoms with van der Waals surface area (Å²) in [6.07, 6.45) is 4.41. The van der Waals surface area contributed by atoms with Crippen LogP contribution in [0.5, 0.6) is 0 Å². The first-order valence-electron chi connectivity index (χ1n) is 7.61. The Bertz CT molecular complexity index is 893. The molecule has 4 nitrogen and oxygen atoms in total. The summed E-state index contributed by atoms with van der Waals surface area (Å²) in [7, 11) is 0. The standard InChI is InChI=1S/C18H16N4S/c1-12-10-13-4-2-3-5-17(13)22(12)18(23)21-14-6-7-15-16(11-14)20-9-8-19-15/h2-9,11-12H,10H2,1H3,(H,21,23)/t12-/m1/s1. The lowest BCUT2D eigenvalue weighted by atomic mass is 10.1. The Hall–Kier alpha value is -2.53. The van der Waals surface area contributed by atoms with Crippen LogP contribution < -0.4 is 10.2 Å². The van der Waals surface area contributed by atoms with Crippen molar-refractivity contribution in [1.29, 1.82) is 0 Å². The van der Waals surface area contributed by atoms with Crippen molar-refractivity contribution in [2.45, 2.75) is 19.4 Å². The first-order chi connectivity index (χ1) is 11.2. The third-order valence-electron chi connectivity index (χ3n) is 4.15. The lowest BCUT2D eigenvalue weighted by molar-refractivity contribution is 0.776. The van der Waals surface area contributed by atoms with Crippen LogP contribution in [0.2, 0.25) is 0 Å². The molecule has 23 heavy (non-hydrogen) atoms. The maximum atomic E-state index is 5.65. The molecule has 2 heterocycles. The molecule has 1 aliphatic rings. The Labute approximate surface area is 140 Å². The van der Waals surface area contributed by atoms with Crippen LogP contribution in [0.3, 0.4) is 0 Å². The van der Waals surface area contributed by atoms with Gasteiger partial charge in [0.2, 0.25) is 0 Å². The summed E-state index contributed by atoms with van der Waals surface area (Å²) in [4.78, 5) is 10.8. The lowest BCUT2D eigenvalue weighted by Gasteiger charge is -2.26. The fourth-order valence-electron chi connectivity index (χ4n) is 3.10. The van der Waals surface area contributed by atoms with Crippen molar-refractivity contribution in [3.05, 3.63) is 60.4 Å². The molecule has 0 unspecified atom stereocenters. The largest absolute Gasteiger partial charge is 0.332 e. The fourth-order valence-corrected chi connectivity index (χ4v) is 3.50. The van der Waals surface area contributed by atoms with E-state index in [1.54, 1.807) is 12.4 Å². The van der Waals surface area contributed by atoms with E-state index in [1.807, 2.05) is 18.2 Å². The fraction of sp³-hybridized carbons (Fsp3) is 0.167. The molecule has 1 aliphatic heterocycles. The van der Waals surface area contributed by atoms with Crippen molar-refractivity contribution >= 4 is 39.7 Å². The quantitative estimate of drug-likeness (QED) is 0.691. The normalized spacial score (nSPS) is 16.4. The molecule has 5 heteroatoms. The highest BCUT2D eigenvalue weighted by Gasteiger charge is 2.28. The number of fused-ring (bicyclic) bond motifs is 2. The average Bonchev–Trinajstić information content (AvgIpc) is 2.90. The first-order valence-corrected chi connectivity index (χ1v) is 8.02. The Balaban J connectivity index is 1.62. The second kappa shape index (κ2) is 5.59. The van der Waals surface area contributed by atoms with Crippen molar-refractivity contribution < 1.29 is 0 Å². The molecular weight excluding hydrogens is 304 g/mol. The van der Waals surface area contributed by atoms with Gasteiger partial charge in [0, 0.05) is 29.8 Å². The maximum absolute atomic E-state index is 5.65. The minimum Gasteiger partial charge on any atom is -0.332 e. The van der Waals surface area contributed by atoms with E-state index in [-0.39, 0.29) is 0 Å². The van der Waals surface area contributed by atoms with Crippen LogP contribution in [0, 0.1) is 0 Å². The van der Waals surface area contributed by atoms with Gasteiger partial charge in [0.1, 0.15) is 0 Å². The van der Waals surface area contributed by atoms with Gasteiger partial charge in [-0.25, -0.2) is 0 Å². The topological polar surface area (TPSA) is 41.0 Å². The van der Waals surface area contributed by atoms with E-state index in [9.17, 15) is 0 Å². The molecular formula is C18H16N4S. The summed E-state index contributed by atoms with van der Waals surface area (Å²) in [5.41, 5.74) is 5.20. The molecule has 0 radical (unpaired) electrons. The number of para-hydroxylation sites is 1. The number of nitrogens with one attached hydrogen (secondary N) is 1. The highest BCUT2D eigenvalue weighted by molar-refractivity contribution is 7.80. The van der Waals surface area contributed by atoms with Crippen molar-refractivity contribution in [3.8, 4) is 0 Å². The van der Waals surface area contributed by atoms with Gasteiger partial charge >= 0.3 is 0 Å². The lowest BCUT2D eigenvalue weighted by Crippen LogP contribution is -2.38. The molecule has 2 aromatic carbocycles. The number of hydrogen-bond donors (Lipinski definition) is 1. The van der Waals surface area contributed by atoms with Crippen LogP contribution in [0.4, 0.5) is 11.4 Å². The predicted molar refractivity (Wildman–Crippen MR) is 97.8 cm³/mol. The molecule has 4 rings (SSSR count). The number of anilines is 2. The van der Waals surface area contributed by atoms with Crippen LogP contribution in [0.15, 0.2) is 54.9 Å². The van der Waals surface area contributed by atoms with E-state index in [4.69, 9.17) is 12.2 Å². The molecule has 1 aromatic heterocycles. The van der Waals surface area contributed by atoms with Crippen LogP contribution in [-0.2, 0) is 6.42 Å². The maximum Gasteiger partial charge on any atom is 0.178 e. The number of thiocarbonyl (C=S) groups is 1. The number of rotatable bonds is 1. The van der Waals surface area contributed by atoms with Gasteiger partial charge in [-0.15, -0.1) is 0 Å². The van der Waals surface area contributed by atoms with Gasteiger partial charge in [-0.1, -0.05) is 18.2 Å². The SMILES string of the molecule is C[C@@H]1Cc2ccccc2N1C(=S)Nc1ccc2nccnc2c1. The minimum atomic E-state index is 0.354. The zero-order chi connectivity index (χ0) is 15.8. The Morgan fingerprint density at radius 1 is 1.13 bits per heavy atom. The van der Waals surface area contributed by atoms with Crippen molar-refractivity contribution in [1.82, 2.24) is 9.97 Å². The number of nitrogens with zero attached hydrogens (tertiary/aromatic N) is 3. The Morgan fingerprint density at radius 3 is 2.78 bits per heavy atom. The van der Waals surface area contributed by atoms with Gasteiger partial charge in [-0.05, 0) is 55.4 Å². The second-order valence-corrected chi connectivity index (χ2v) is 6.13. The molecule has 0 bridgehead atoms. The molecule has 1 atom stereocenters. The molecule has 0 fully saturated rings. The molecule has 0 saturated carbocycles. The van der Waals surface area contributed by atoms with Gasteiger partial charge in [-0.2, -0.15) is 0 Å². The van der Waals surface area contributed by atoms with Crippen LogP contribution in [-0.4, -0.2) is 21.1 Å². The summed E-state index contributed by atoms with van der Waals surface area (Å²) in [6, 6.07) is 14.7. The second-order valence-electron chi connectivity index (χ2n) is 5.74. The number of hydrogen-bond acceptors (Lipinski definition) is 3. The Kier molecular flexibility index (Phi) is 3.42. The monoisotopic (exact) mass is 320 g/mol. The van der Waals surface area contributed by atoms with E-state index in [0.717, 1.165) is 23.1 Å². The zero-order valence-corrected chi connectivity index (χ0v) is 13.5. The summed E-state index contributed by atoms with van der Waals surface area (Å²) in [5.74, 6) is 0. The highest BCUT2D eigenvalue weighted by Crippen LogP contribution is 2.32. The van der Waals surface area contributed by atoms with Gasteiger partial charge in [-0.3, -0.25) is 9.97 Å². The van der Waals surface area contributed by atoms with E-state index < -0.39 is 0 Å². The van der Waals surface area contributed by atoms with E-state index in [2.05, 4.69) is 51.4 Å². The predicted octanol–water partition coefficient (Wildman–Crippen LogP) is 3.78. The van der Waals surface area contributed by atoms with Gasteiger partial charge in [0.15, 0.2) is 5.11 Å². The first kappa shape index (κ1) is 14.1. The summed E-state index contributed by atoms with van der Waals surface area (Å²) in [5, 5.41) is 4.05. The van der Waals surface area contributed by atoms with Crippen molar-refractivity contribution in [3.63, 3.8) is 0 Å². The molecule has 0 saturated heterocycles. The van der Waals surface area contributed by atoms with E-state index in [1.165, 1.54) is 11.3 Å². The summed E-state index contributed by atoms with van der Waals surface area (Å²) < 4.78 is 0. The number of aromatic nitrogens is 2. The molecule has 3 aromatic rings. The summed E-state index contributed by atoms with van der Waals surface area (Å²) in [6.45, 7) is 2.19. The van der Waals surface area contributed by atoms with Gasteiger partial charge in [0.05, 0.1) is 11.0 Å². The van der Waals surface area contributed by atoms with Crippen LogP contribution >= 0.6 is 12.2 Å². The van der Waals surface area contributed by atoms with Crippen LogP contribution in [0.25, 0.3) is 11.0 Å². The van der Waals surface area contributed by atoms with E-state index in [0.29, 0.717) is 11.2 Å². The van der Waals surface area contributed by atoms with Gasteiger partial charge < -0.3 is 10.2 Å². The third-order valence-corrected chi connectivity index (χ3v) is 4.45. The summed E-state index contributed by atoms with van der Waals surface area (Å²) >= 11 is 5.65. The molecule has 0 aliphatic carbocycles. The molecule has 0 spiro atoms. The van der Waals surface area contributed by atoms with Crippen LogP contribution in [0.1, 0.15) is 12.5 Å². The zero-order valence-electron chi connectivity index (χ0n) is 12.7. The smallest absolute Gasteiger partial charge is 0.178 e. The highest BCUT2D eigenvalue weighted by atomic mass is 32.1. The molecule has 1 N–H and O–H groups in total. The third kappa shape index (κ3) is 2.53. The minimum absolute atomic E-state index is 0.354. The molecule has 114 valence electrons.